The first-order valence-electron chi connectivity index (χ1n) is 14.7. The monoisotopic (exact) mass is 572 g/mol. The molecule has 0 N–H and O–H groups in total. The van der Waals surface area contributed by atoms with Crippen molar-refractivity contribution in [2.75, 3.05) is 23.5 Å². The lowest BCUT2D eigenvalue weighted by molar-refractivity contribution is 0.483. The predicted molar refractivity (Wildman–Crippen MR) is 181 cm³/mol. The van der Waals surface area contributed by atoms with E-state index in [1.165, 1.54) is 0 Å². The van der Waals surface area contributed by atoms with Crippen LogP contribution in [0.5, 0.6) is 11.5 Å². The summed E-state index contributed by atoms with van der Waals surface area (Å²) in [6.45, 7) is 0.827. The predicted octanol–water partition coefficient (Wildman–Crippen LogP) is 9.86. The summed E-state index contributed by atoms with van der Waals surface area (Å²) < 4.78 is 6.10. The number of anilines is 4. The van der Waals surface area contributed by atoms with Gasteiger partial charge in [-0.15, -0.1) is 0 Å². The molecule has 2 heterocycles. The Morgan fingerprint density at radius 3 is 2.02 bits per heavy atom. The molecule has 0 saturated heterocycles. The molecule has 5 nitrogen and oxygen atoms in total. The average Bonchev–Trinajstić information content (AvgIpc) is 3.53. The number of aromatic nitrogens is 1. The normalized spacial score (nSPS) is 12.4. The van der Waals surface area contributed by atoms with Gasteiger partial charge in [0.1, 0.15) is 11.5 Å². The maximum atomic E-state index is 6.10. The van der Waals surface area contributed by atoms with Gasteiger partial charge in [0.05, 0.1) is 12.4 Å². The first kappa shape index (κ1) is 27.0. The maximum Gasteiger partial charge on any atom is 0.128 e. The molecule has 1 aliphatic heterocycles. The van der Waals surface area contributed by atoms with Gasteiger partial charge in [-0.25, -0.2) is 0 Å². The second-order valence-corrected chi connectivity index (χ2v) is 10.8. The molecule has 1 aromatic heterocycles. The third kappa shape index (κ3) is 5.90. The summed E-state index contributed by atoms with van der Waals surface area (Å²) in [4.78, 5) is 11.5. The number of para-hydroxylation sites is 2. The Kier molecular flexibility index (Phi) is 7.50. The van der Waals surface area contributed by atoms with Crippen LogP contribution in [0.25, 0.3) is 22.4 Å². The Morgan fingerprint density at radius 2 is 1.23 bits per heavy atom. The molecule has 0 amide bonds. The summed E-state index contributed by atoms with van der Waals surface area (Å²) in [5.74, 6) is 1.61. The highest BCUT2D eigenvalue weighted by Crippen LogP contribution is 2.38. The number of ether oxygens (including phenoxy) is 1. The van der Waals surface area contributed by atoms with Crippen LogP contribution in [0, 0.1) is 0 Å². The van der Waals surface area contributed by atoms with Gasteiger partial charge in [-0.3, -0.25) is 4.98 Å². The second kappa shape index (κ2) is 12.2. The lowest BCUT2D eigenvalue weighted by Crippen LogP contribution is -2.21. The van der Waals surface area contributed by atoms with Crippen molar-refractivity contribution in [1.82, 2.24) is 9.88 Å². The van der Waals surface area contributed by atoms with Gasteiger partial charge in [-0.2, -0.15) is 0 Å². The minimum absolute atomic E-state index is 0.797. The first-order valence-corrected chi connectivity index (χ1v) is 14.7. The van der Waals surface area contributed by atoms with E-state index in [1.54, 1.807) is 0 Å². The van der Waals surface area contributed by atoms with Gasteiger partial charge in [-0.1, -0.05) is 66.7 Å². The molecule has 0 unspecified atom stereocenters. The molecular weight excluding hydrogens is 540 g/mol. The van der Waals surface area contributed by atoms with Gasteiger partial charge >= 0.3 is 0 Å². The number of hydrogen-bond acceptors (Lipinski definition) is 5. The highest BCUT2D eigenvalue weighted by Gasteiger charge is 2.17. The van der Waals surface area contributed by atoms with Crippen LogP contribution in [-0.2, 0) is 0 Å². The van der Waals surface area contributed by atoms with Crippen molar-refractivity contribution >= 4 is 22.7 Å². The van der Waals surface area contributed by atoms with Crippen molar-refractivity contribution in [3.8, 4) is 33.9 Å². The zero-order valence-corrected chi connectivity index (χ0v) is 24.5. The summed E-state index contributed by atoms with van der Waals surface area (Å²) in [5.41, 5.74) is 8.49. The summed E-state index contributed by atoms with van der Waals surface area (Å²) in [6, 6.07) is 50.0. The van der Waals surface area contributed by atoms with Gasteiger partial charge < -0.3 is 19.4 Å². The second-order valence-electron chi connectivity index (χ2n) is 10.8. The van der Waals surface area contributed by atoms with E-state index in [0.29, 0.717) is 0 Å². The highest BCUT2D eigenvalue weighted by molar-refractivity contribution is 5.81. The molecule has 214 valence electrons. The fourth-order valence-electron chi connectivity index (χ4n) is 5.47. The highest BCUT2D eigenvalue weighted by atomic mass is 16.5. The topological polar surface area (TPSA) is 31.8 Å². The zero-order chi connectivity index (χ0) is 29.7. The first-order chi connectivity index (χ1) is 21.7. The van der Waals surface area contributed by atoms with E-state index in [0.717, 1.165) is 63.3 Å². The van der Waals surface area contributed by atoms with Crippen LogP contribution in [0.3, 0.4) is 0 Å². The van der Waals surface area contributed by atoms with Gasteiger partial charge in [0, 0.05) is 54.0 Å². The maximum absolute atomic E-state index is 6.10. The lowest BCUT2D eigenvalue weighted by Gasteiger charge is -2.27. The molecule has 0 fully saturated rings. The van der Waals surface area contributed by atoms with Crippen molar-refractivity contribution in [3.63, 3.8) is 0 Å². The van der Waals surface area contributed by atoms with Crippen molar-refractivity contribution < 1.29 is 4.74 Å². The summed E-state index contributed by atoms with van der Waals surface area (Å²) >= 11 is 0. The van der Waals surface area contributed by atoms with E-state index in [4.69, 9.17) is 9.72 Å². The summed E-state index contributed by atoms with van der Waals surface area (Å²) in [5, 5.41) is 0. The Bertz CT molecular complexity index is 1910. The number of hydrogen-bond donors (Lipinski definition) is 0. The summed E-state index contributed by atoms with van der Waals surface area (Å²) in [7, 11) is 2.08. The molecule has 0 radical (unpaired) electrons. The van der Waals surface area contributed by atoms with Crippen LogP contribution in [0.1, 0.15) is 0 Å². The van der Waals surface area contributed by atoms with Crippen molar-refractivity contribution in [2.24, 2.45) is 0 Å². The molecule has 1 aliphatic rings. The molecule has 0 aliphatic carbocycles. The third-order valence-electron chi connectivity index (χ3n) is 7.62. The van der Waals surface area contributed by atoms with E-state index in [1.807, 2.05) is 54.7 Å². The summed E-state index contributed by atoms with van der Waals surface area (Å²) in [6.07, 6.45) is 6.09. The lowest BCUT2D eigenvalue weighted by atomic mass is 10.0. The van der Waals surface area contributed by atoms with E-state index in [2.05, 4.69) is 131 Å². The molecular formula is C39H32N4O. The van der Waals surface area contributed by atoms with Crippen LogP contribution >= 0.6 is 0 Å². The Hall–Kier alpha value is -5.81. The number of pyridine rings is 1. The van der Waals surface area contributed by atoms with Gasteiger partial charge in [0.2, 0.25) is 0 Å². The van der Waals surface area contributed by atoms with Gasteiger partial charge in [0.25, 0.3) is 0 Å². The van der Waals surface area contributed by atoms with Crippen molar-refractivity contribution in [1.29, 1.82) is 0 Å². The van der Waals surface area contributed by atoms with Crippen LogP contribution in [0.2, 0.25) is 0 Å². The molecule has 0 atom stereocenters. The fourth-order valence-corrected chi connectivity index (χ4v) is 5.47. The van der Waals surface area contributed by atoms with E-state index in [9.17, 15) is 0 Å². The minimum atomic E-state index is 0.797. The molecule has 44 heavy (non-hydrogen) atoms. The number of rotatable bonds is 8. The quantitative estimate of drug-likeness (QED) is 0.181. The van der Waals surface area contributed by atoms with Crippen molar-refractivity contribution in [3.05, 3.63) is 164 Å². The Labute approximate surface area is 258 Å². The van der Waals surface area contributed by atoms with E-state index >= 15 is 0 Å². The molecule has 7 rings (SSSR count). The molecule has 5 heteroatoms. The van der Waals surface area contributed by atoms with Crippen LogP contribution in [-0.4, -0.2) is 23.6 Å². The number of benzene rings is 5. The fraction of sp³-hybridized carbons (Fsp3) is 0.0513. The zero-order valence-electron chi connectivity index (χ0n) is 24.5. The molecule has 6 aromatic rings. The average molecular weight is 573 g/mol. The largest absolute Gasteiger partial charge is 0.457 e. The van der Waals surface area contributed by atoms with Gasteiger partial charge in [0.15, 0.2) is 0 Å². The third-order valence-corrected chi connectivity index (χ3v) is 7.62. The molecule has 0 saturated carbocycles. The molecule has 5 aromatic carbocycles. The smallest absolute Gasteiger partial charge is 0.128 e. The van der Waals surface area contributed by atoms with Crippen LogP contribution in [0.15, 0.2) is 164 Å². The van der Waals surface area contributed by atoms with E-state index < -0.39 is 0 Å². The van der Waals surface area contributed by atoms with Gasteiger partial charge in [-0.05, 0) is 90.0 Å². The Balaban J connectivity index is 1.22. The minimum Gasteiger partial charge on any atom is -0.457 e. The van der Waals surface area contributed by atoms with Crippen LogP contribution < -0.4 is 14.5 Å². The van der Waals surface area contributed by atoms with Crippen molar-refractivity contribution in [2.45, 2.75) is 0 Å². The molecule has 0 spiro atoms. The SMILES string of the molecule is CN1C=CN(c2cccc(N(c3ccccc3)c3cccc(-c4cc(-c5cccc(Oc6ccccc6)c5)ccn4)c3)c2)C1. The number of nitrogens with zero attached hydrogens (tertiary/aromatic N) is 4. The standard InChI is InChI=1S/C39H32N4O/c1-41-23-24-42(29-41)34-15-10-17-36(28-34)43(33-13-4-2-5-14-33)35-16-8-12-32(25-35)39-27-31(21-22-40-39)30-11-9-20-38(26-30)44-37-18-6-3-7-19-37/h2-28H,29H2,1H3. The molecule has 0 bridgehead atoms. The van der Waals surface area contributed by atoms with E-state index in [-0.39, 0.29) is 0 Å². The Morgan fingerprint density at radius 1 is 0.568 bits per heavy atom. The van der Waals surface area contributed by atoms with Crippen LogP contribution in [0.4, 0.5) is 22.7 Å².